The predicted octanol–water partition coefficient (Wildman–Crippen LogP) is 4.65. The molecular weight excluding hydrogens is 326 g/mol. The topological polar surface area (TPSA) is 29.9 Å². The first-order valence-electron chi connectivity index (χ1n) is 7.72. The largest absolute Gasteiger partial charge is 0.310 e. The van der Waals surface area contributed by atoms with E-state index in [1.165, 1.54) is 5.56 Å². The van der Waals surface area contributed by atoms with Gasteiger partial charge in [-0.25, -0.2) is 4.98 Å². The van der Waals surface area contributed by atoms with Crippen molar-refractivity contribution >= 4 is 15.9 Å². The van der Waals surface area contributed by atoms with E-state index in [2.05, 4.69) is 69.8 Å². The van der Waals surface area contributed by atoms with Crippen molar-refractivity contribution in [2.75, 3.05) is 6.54 Å². The summed E-state index contributed by atoms with van der Waals surface area (Å²) in [5.74, 6) is 1.11. The number of imidazole rings is 1. The number of aryl methyl sites for hydroxylation is 1. The third kappa shape index (κ3) is 3.95. The van der Waals surface area contributed by atoms with Crippen LogP contribution >= 0.6 is 15.9 Å². The van der Waals surface area contributed by atoms with Gasteiger partial charge in [0.15, 0.2) is 0 Å². The van der Waals surface area contributed by atoms with Crippen LogP contribution in [0.5, 0.6) is 0 Å². The Balaban J connectivity index is 2.24. The molecule has 0 aliphatic heterocycles. The monoisotopic (exact) mass is 349 g/mol. The van der Waals surface area contributed by atoms with Gasteiger partial charge >= 0.3 is 0 Å². The summed E-state index contributed by atoms with van der Waals surface area (Å²) in [7, 11) is 0. The minimum atomic E-state index is 0.369. The molecule has 1 heterocycles. The lowest BCUT2D eigenvalue weighted by atomic mass is 10.1. The van der Waals surface area contributed by atoms with Gasteiger partial charge in [-0.15, -0.1) is 0 Å². The number of hydrogen-bond donors (Lipinski definition) is 1. The van der Waals surface area contributed by atoms with Crippen molar-refractivity contribution in [2.24, 2.45) is 0 Å². The second-order valence-corrected chi connectivity index (χ2v) is 6.20. The van der Waals surface area contributed by atoms with Crippen LogP contribution in [0.15, 0.2) is 35.1 Å². The van der Waals surface area contributed by atoms with Crippen LogP contribution in [0.4, 0.5) is 0 Å². The highest BCUT2D eigenvalue weighted by Gasteiger charge is 2.11. The fourth-order valence-corrected chi connectivity index (χ4v) is 3.02. The molecule has 0 bridgehead atoms. The van der Waals surface area contributed by atoms with Crippen molar-refractivity contribution in [3.63, 3.8) is 0 Å². The van der Waals surface area contributed by atoms with E-state index in [-0.39, 0.29) is 0 Å². The van der Waals surface area contributed by atoms with Crippen molar-refractivity contribution < 1.29 is 0 Å². The Morgan fingerprint density at radius 2 is 2.10 bits per heavy atom. The van der Waals surface area contributed by atoms with Gasteiger partial charge in [-0.3, -0.25) is 0 Å². The van der Waals surface area contributed by atoms with Crippen molar-refractivity contribution in [2.45, 2.75) is 46.1 Å². The Morgan fingerprint density at radius 3 is 2.76 bits per heavy atom. The highest BCUT2D eigenvalue weighted by Crippen LogP contribution is 2.26. The minimum absolute atomic E-state index is 0.369. The van der Waals surface area contributed by atoms with Crippen LogP contribution in [0.25, 0.3) is 5.69 Å². The van der Waals surface area contributed by atoms with Crippen LogP contribution in [-0.2, 0) is 6.42 Å². The van der Waals surface area contributed by atoms with Gasteiger partial charge in [0.05, 0.1) is 5.69 Å². The third-order valence-electron chi connectivity index (χ3n) is 3.62. The van der Waals surface area contributed by atoms with Gasteiger partial charge < -0.3 is 9.88 Å². The summed E-state index contributed by atoms with van der Waals surface area (Å²) in [5, 5.41) is 3.52. The van der Waals surface area contributed by atoms with E-state index in [9.17, 15) is 0 Å². The lowest BCUT2D eigenvalue weighted by Gasteiger charge is -2.16. The average molecular weight is 350 g/mol. The molecule has 1 atom stereocenters. The number of halogens is 1. The van der Waals surface area contributed by atoms with Gasteiger partial charge in [-0.2, -0.15) is 0 Å². The zero-order chi connectivity index (χ0) is 15.2. The maximum absolute atomic E-state index is 4.45. The molecule has 21 heavy (non-hydrogen) atoms. The summed E-state index contributed by atoms with van der Waals surface area (Å²) < 4.78 is 3.28. The molecule has 114 valence electrons. The normalized spacial score (nSPS) is 12.6. The highest BCUT2D eigenvalue weighted by molar-refractivity contribution is 9.10. The van der Waals surface area contributed by atoms with Gasteiger partial charge in [0, 0.05) is 29.3 Å². The van der Waals surface area contributed by atoms with Gasteiger partial charge in [0.25, 0.3) is 0 Å². The SMILES string of the molecule is CCCNC(C)c1ccc(-n2ccnc2CCC)c(Br)c1. The van der Waals surface area contributed by atoms with Gasteiger partial charge in [0.2, 0.25) is 0 Å². The Bertz CT molecular complexity index is 577. The molecule has 1 unspecified atom stereocenters. The molecule has 3 nitrogen and oxygen atoms in total. The van der Waals surface area contributed by atoms with E-state index in [0.717, 1.165) is 41.8 Å². The number of rotatable bonds is 7. The maximum Gasteiger partial charge on any atom is 0.113 e. The lowest BCUT2D eigenvalue weighted by molar-refractivity contribution is 0.570. The molecule has 0 aliphatic carbocycles. The number of hydrogen-bond acceptors (Lipinski definition) is 2. The van der Waals surface area contributed by atoms with Crippen LogP contribution in [0.3, 0.4) is 0 Å². The molecule has 1 aromatic heterocycles. The van der Waals surface area contributed by atoms with Gasteiger partial charge in [-0.1, -0.05) is 19.9 Å². The van der Waals surface area contributed by atoms with Crippen molar-refractivity contribution in [3.05, 3.63) is 46.5 Å². The van der Waals surface area contributed by atoms with E-state index < -0.39 is 0 Å². The molecule has 0 aliphatic rings. The molecule has 0 saturated heterocycles. The lowest BCUT2D eigenvalue weighted by Crippen LogP contribution is -2.19. The van der Waals surface area contributed by atoms with Gasteiger partial charge in [-0.05, 0) is 59.9 Å². The van der Waals surface area contributed by atoms with E-state index in [1.807, 2.05) is 12.4 Å². The van der Waals surface area contributed by atoms with Crippen LogP contribution in [-0.4, -0.2) is 16.1 Å². The van der Waals surface area contributed by atoms with E-state index in [4.69, 9.17) is 0 Å². The van der Waals surface area contributed by atoms with E-state index >= 15 is 0 Å². The third-order valence-corrected chi connectivity index (χ3v) is 4.26. The Hall–Kier alpha value is -1.13. The second kappa shape index (κ2) is 7.76. The number of nitrogens with zero attached hydrogens (tertiary/aromatic N) is 2. The van der Waals surface area contributed by atoms with Crippen LogP contribution < -0.4 is 5.32 Å². The summed E-state index contributed by atoms with van der Waals surface area (Å²) in [6, 6.07) is 6.94. The predicted molar refractivity (Wildman–Crippen MR) is 92.0 cm³/mol. The molecule has 4 heteroatoms. The van der Waals surface area contributed by atoms with Crippen LogP contribution in [0.2, 0.25) is 0 Å². The summed E-state index contributed by atoms with van der Waals surface area (Å²) in [5.41, 5.74) is 2.46. The molecule has 0 spiro atoms. The van der Waals surface area contributed by atoms with Crippen LogP contribution in [0.1, 0.15) is 51.0 Å². The zero-order valence-electron chi connectivity index (χ0n) is 13.1. The standard InChI is InChI=1S/C17H24BrN3/c1-4-6-17-20-10-11-21(17)16-8-7-14(12-15(16)18)13(3)19-9-5-2/h7-8,10-13,19H,4-6,9H2,1-3H3. The first kappa shape index (κ1) is 16.2. The first-order valence-corrected chi connectivity index (χ1v) is 8.52. The van der Waals surface area contributed by atoms with E-state index in [1.54, 1.807) is 0 Å². The molecule has 2 rings (SSSR count). The Morgan fingerprint density at radius 1 is 1.29 bits per heavy atom. The van der Waals surface area contributed by atoms with E-state index in [0.29, 0.717) is 6.04 Å². The molecular formula is C17H24BrN3. The highest BCUT2D eigenvalue weighted by atomic mass is 79.9. The van der Waals surface area contributed by atoms with Crippen molar-refractivity contribution in [1.82, 2.24) is 14.9 Å². The fraction of sp³-hybridized carbons (Fsp3) is 0.471. The first-order chi connectivity index (χ1) is 10.2. The van der Waals surface area contributed by atoms with Crippen LogP contribution in [0, 0.1) is 0 Å². The Kier molecular flexibility index (Phi) is 6.00. The smallest absolute Gasteiger partial charge is 0.113 e. The number of aromatic nitrogens is 2. The Labute approximate surface area is 135 Å². The molecule has 0 radical (unpaired) electrons. The van der Waals surface area contributed by atoms with Crippen molar-refractivity contribution in [3.8, 4) is 5.69 Å². The zero-order valence-corrected chi connectivity index (χ0v) is 14.7. The summed E-state index contributed by atoms with van der Waals surface area (Å²) >= 11 is 3.71. The second-order valence-electron chi connectivity index (χ2n) is 5.35. The number of benzene rings is 1. The minimum Gasteiger partial charge on any atom is -0.310 e. The molecule has 0 fully saturated rings. The quantitative estimate of drug-likeness (QED) is 0.788. The maximum atomic E-state index is 4.45. The van der Waals surface area contributed by atoms with Gasteiger partial charge in [0.1, 0.15) is 5.82 Å². The molecule has 1 aromatic carbocycles. The summed E-state index contributed by atoms with van der Waals surface area (Å²) in [6.07, 6.45) is 7.15. The number of nitrogens with one attached hydrogen (secondary N) is 1. The summed E-state index contributed by atoms with van der Waals surface area (Å²) in [6.45, 7) is 7.62. The molecule has 2 aromatic rings. The summed E-state index contributed by atoms with van der Waals surface area (Å²) in [4.78, 5) is 4.45. The molecule has 0 amide bonds. The van der Waals surface area contributed by atoms with Crippen molar-refractivity contribution in [1.29, 1.82) is 0 Å². The molecule has 0 saturated carbocycles. The average Bonchev–Trinajstić information content (AvgIpc) is 2.93. The molecule has 1 N–H and O–H groups in total. The fourth-order valence-electron chi connectivity index (χ4n) is 2.43.